The first-order valence-corrected chi connectivity index (χ1v) is 7.90. The lowest BCUT2D eigenvalue weighted by Crippen LogP contribution is -1.92. The van der Waals surface area contributed by atoms with Gasteiger partial charge in [-0.3, -0.25) is 0 Å². The summed E-state index contributed by atoms with van der Waals surface area (Å²) in [7, 11) is 0. The molecular formula is C15H14BrFS. The lowest BCUT2D eigenvalue weighted by Gasteiger charge is -2.09. The first kappa shape index (κ1) is 12.4. The zero-order valence-corrected chi connectivity index (χ0v) is 12.6. The molecule has 18 heavy (non-hydrogen) atoms. The smallest absolute Gasteiger partial charge is 0.126 e. The summed E-state index contributed by atoms with van der Waals surface area (Å²) >= 11 is 5.64. The van der Waals surface area contributed by atoms with Crippen LogP contribution in [0.15, 0.2) is 24.3 Å². The molecule has 1 aromatic carbocycles. The molecule has 0 aliphatic heterocycles. The Labute approximate surface area is 119 Å². The number of hydrogen-bond acceptors (Lipinski definition) is 1. The first-order valence-electron chi connectivity index (χ1n) is 6.17. The molecular weight excluding hydrogens is 311 g/mol. The molecule has 3 rings (SSSR count). The van der Waals surface area contributed by atoms with E-state index in [1.165, 1.54) is 34.6 Å². The van der Waals surface area contributed by atoms with E-state index in [2.05, 4.69) is 22.0 Å². The van der Waals surface area contributed by atoms with Gasteiger partial charge in [0.2, 0.25) is 0 Å². The molecule has 1 aliphatic carbocycles. The highest BCUT2D eigenvalue weighted by Gasteiger charge is 2.20. The van der Waals surface area contributed by atoms with Crippen LogP contribution in [0.4, 0.5) is 4.39 Å². The van der Waals surface area contributed by atoms with Gasteiger partial charge >= 0.3 is 0 Å². The predicted octanol–water partition coefficient (Wildman–Crippen LogP) is 5.17. The number of thiophene rings is 1. The zero-order chi connectivity index (χ0) is 12.7. The van der Waals surface area contributed by atoms with E-state index in [-0.39, 0.29) is 10.6 Å². The number of aryl methyl sites for hydroxylation is 3. The normalized spacial score (nSPS) is 15.7. The summed E-state index contributed by atoms with van der Waals surface area (Å²) in [4.78, 5) is 3.06. The standard InChI is InChI=1S/C15H14BrFS/c1-9-7-11(5-6-12(9)17)15(16)14-8-10-3-2-4-13(10)18-14/h5-8,15H,2-4H2,1H3. The van der Waals surface area contributed by atoms with Crippen LogP contribution in [-0.4, -0.2) is 0 Å². The van der Waals surface area contributed by atoms with E-state index >= 15 is 0 Å². The van der Waals surface area contributed by atoms with Gasteiger partial charge in [0.25, 0.3) is 0 Å². The Morgan fingerprint density at radius 1 is 1.28 bits per heavy atom. The van der Waals surface area contributed by atoms with Crippen molar-refractivity contribution in [2.24, 2.45) is 0 Å². The third-order valence-electron chi connectivity index (χ3n) is 3.49. The van der Waals surface area contributed by atoms with Crippen LogP contribution in [0.5, 0.6) is 0 Å². The van der Waals surface area contributed by atoms with Gasteiger partial charge in [0.1, 0.15) is 5.82 Å². The maximum atomic E-state index is 13.3. The number of alkyl halides is 1. The number of rotatable bonds is 2. The minimum atomic E-state index is -0.132. The molecule has 1 unspecified atom stereocenters. The molecule has 0 bridgehead atoms. The highest BCUT2D eigenvalue weighted by atomic mass is 79.9. The van der Waals surface area contributed by atoms with Crippen LogP contribution >= 0.6 is 27.3 Å². The van der Waals surface area contributed by atoms with E-state index < -0.39 is 0 Å². The number of fused-ring (bicyclic) bond motifs is 1. The topological polar surface area (TPSA) is 0 Å². The summed E-state index contributed by atoms with van der Waals surface area (Å²) in [6, 6.07) is 7.66. The van der Waals surface area contributed by atoms with Crippen molar-refractivity contribution < 1.29 is 4.39 Å². The molecule has 3 heteroatoms. The number of benzene rings is 1. The van der Waals surface area contributed by atoms with Crippen LogP contribution in [0.3, 0.4) is 0 Å². The van der Waals surface area contributed by atoms with Crippen LogP contribution in [0.1, 0.15) is 37.7 Å². The Morgan fingerprint density at radius 3 is 2.83 bits per heavy atom. The Hall–Kier alpha value is -0.670. The molecule has 94 valence electrons. The molecule has 1 aromatic heterocycles. The van der Waals surface area contributed by atoms with Crippen LogP contribution < -0.4 is 0 Å². The van der Waals surface area contributed by atoms with Crippen LogP contribution in [-0.2, 0) is 12.8 Å². The van der Waals surface area contributed by atoms with Crippen molar-refractivity contribution in [1.82, 2.24) is 0 Å². The summed E-state index contributed by atoms with van der Waals surface area (Å²) in [5.41, 5.74) is 3.35. The first-order chi connectivity index (χ1) is 8.65. The van der Waals surface area contributed by atoms with Crippen LogP contribution in [0.2, 0.25) is 0 Å². The molecule has 0 amide bonds. The van der Waals surface area contributed by atoms with Gasteiger partial charge in [-0.1, -0.05) is 28.1 Å². The largest absolute Gasteiger partial charge is 0.207 e. The summed E-state index contributed by atoms with van der Waals surface area (Å²) in [5.74, 6) is -0.132. The molecule has 0 saturated heterocycles. The molecule has 1 atom stereocenters. The Morgan fingerprint density at radius 2 is 2.11 bits per heavy atom. The van der Waals surface area contributed by atoms with Crippen LogP contribution in [0.25, 0.3) is 0 Å². The second kappa shape index (κ2) is 4.78. The molecule has 1 aliphatic rings. The fourth-order valence-electron chi connectivity index (χ4n) is 2.47. The van der Waals surface area contributed by atoms with Gasteiger partial charge in [0.15, 0.2) is 0 Å². The summed E-state index contributed by atoms with van der Waals surface area (Å²) in [5, 5.41) is 0. The fourth-order valence-corrected chi connectivity index (χ4v) is 4.43. The highest BCUT2D eigenvalue weighted by Crippen LogP contribution is 2.40. The van der Waals surface area contributed by atoms with Crippen molar-refractivity contribution in [3.8, 4) is 0 Å². The Bertz CT molecular complexity index is 567. The van der Waals surface area contributed by atoms with E-state index in [1.54, 1.807) is 6.07 Å². The van der Waals surface area contributed by atoms with E-state index in [1.807, 2.05) is 30.4 Å². The van der Waals surface area contributed by atoms with Gasteiger partial charge in [0.05, 0.1) is 4.83 Å². The van der Waals surface area contributed by atoms with Gasteiger partial charge in [-0.15, -0.1) is 11.3 Å². The van der Waals surface area contributed by atoms with Crippen molar-refractivity contribution in [3.05, 3.63) is 56.5 Å². The molecule has 0 saturated carbocycles. The monoisotopic (exact) mass is 324 g/mol. The molecule has 0 N–H and O–H groups in total. The Kier molecular flexibility index (Phi) is 3.29. The number of hydrogen-bond donors (Lipinski definition) is 0. The van der Waals surface area contributed by atoms with Crippen molar-refractivity contribution in [1.29, 1.82) is 0 Å². The molecule has 0 nitrogen and oxygen atoms in total. The van der Waals surface area contributed by atoms with Gasteiger partial charge in [-0.05, 0) is 55.0 Å². The van der Waals surface area contributed by atoms with Gasteiger partial charge in [-0.2, -0.15) is 0 Å². The van der Waals surface area contributed by atoms with E-state index in [4.69, 9.17) is 0 Å². The van der Waals surface area contributed by atoms with Crippen molar-refractivity contribution >= 4 is 27.3 Å². The quantitative estimate of drug-likeness (QED) is 0.668. The predicted molar refractivity (Wildman–Crippen MR) is 78.3 cm³/mol. The minimum Gasteiger partial charge on any atom is -0.207 e. The summed E-state index contributed by atoms with van der Waals surface area (Å²) < 4.78 is 13.3. The average molecular weight is 325 g/mol. The molecule has 2 aromatic rings. The molecule has 0 fully saturated rings. The molecule has 0 radical (unpaired) electrons. The maximum absolute atomic E-state index is 13.3. The van der Waals surface area contributed by atoms with Crippen LogP contribution in [0, 0.1) is 12.7 Å². The second-order valence-electron chi connectivity index (χ2n) is 4.82. The SMILES string of the molecule is Cc1cc(C(Br)c2cc3c(s2)CCC3)ccc1F. The average Bonchev–Trinajstić information content (AvgIpc) is 2.92. The third kappa shape index (κ3) is 2.14. The second-order valence-corrected chi connectivity index (χ2v) is 6.91. The maximum Gasteiger partial charge on any atom is 0.126 e. The van der Waals surface area contributed by atoms with Crippen molar-refractivity contribution in [2.45, 2.75) is 31.0 Å². The molecule has 1 heterocycles. The van der Waals surface area contributed by atoms with E-state index in [9.17, 15) is 4.39 Å². The minimum absolute atomic E-state index is 0.132. The fraction of sp³-hybridized carbons (Fsp3) is 0.333. The van der Waals surface area contributed by atoms with Gasteiger partial charge in [-0.25, -0.2) is 4.39 Å². The van der Waals surface area contributed by atoms with Gasteiger partial charge < -0.3 is 0 Å². The zero-order valence-electron chi connectivity index (χ0n) is 10.2. The lowest BCUT2D eigenvalue weighted by molar-refractivity contribution is 0.618. The highest BCUT2D eigenvalue weighted by molar-refractivity contribution is 9.09. The third-order valence-corrected chi connectivity index (χ3v) is 6.12. The van der Waals surface area contributed by atoms with E-state index in [0.29, 0.717) is 5.56 Å². The van der Waals surface area contributed by atoms with E-state index in [0.717, 1.165) is 5.56 Å². The van der Waals surface area contributed by atoms with Crippen molar-refractivity contribution in [2.75, 3.05) is 0 Å². The summed E-state index contributed by atoms with van der Waals surface area (Å²) in [6.45, 7) is 1.81. The lowest BCUT2D eigenvalue weighted by atomic mass is 10.1. The Balaban J connectivity index is 1.93. The van der Waals surface area contributed by atoms with Crippen molar-refractivity contribution in [3.63, 3.8) is 0 Å². The summed E-state index contributed by atoms with van der Waals surface area (Å²) in [6.07, 6.45) is 3.74. The number of halogens is 2. The van der Waals surface area contributed by atoms with Gasteiger partial charge in [0, 0.05) is 9.75 Å². The molecule has 0 spiro atoms.